The first-order valence-electron chi connectivity index (χ1n) is 5.88. The number of unbranched alkanes of at least 4 members (excludes halogenated alkanes) is 1. The van der Waals surface area contributed by atoms with Gasteiger partial charge in [-0.2, -0.15) is 0 Å². The lowest BCUT2D eigenvalue weighted by atomic mass is 10.3. The number of anilines is 1. The SMILES string of the molecule is CCCCNS(=O)(=O)c1cc([N+](=O)[O-])ccc1NC. The second kappa shape index (κ2) is 6.48. The maximum Gasteiger partial charge on any atom is 0.270 e. The number of nitrogens with zero attached hydrogens (tertiary/aromatic N) is 1. The lowest BCUT2D eigenvalue weighted by Crippen LogP contribution is -2.25. The Morgan fingerprint density at radius 1 is 1.37 bits per heavy atom. The molecule has 0 fully saturated rings. The molecule has 0 aromatic heterocycles. The fraction of sp³-hybridized carbons (Fsp3) is 0.455. The number of hydrogen-bond donors (Lipinski definition) is 2. The quantitative estimate of drug-likeness (QED) is 0.451. The Kier molecular flexibility index (Phi) is 5.25. The summed E-state index contributed by atoms with van der Waals surface area (Å²) in [6.07, 6.45) is 1.57. The molecular weight excluding hydrogens is 270 g/mol. The van der Waals surface area contributed by atoms with Crippen LogP contribution in [-0.2, 0) is 10.0 Å². The minimum Gasteiger partial charge on any atom is -0.387 e. The van der Waals surface area contributed by atoms with E-state index in [-0.39, 0.29) is 10.6 Å². The maximum absolute atomic E-state index is 12.1. The van der Waals surface area contributed by atoms with Crippen LogP contribution in [0, 0.1) is 10.1 Å². The molecule has 2 N–H and O–H groups in total. The Balaban J connectivity index is 3.15. The topological polar surface area (TPSA) is 101 Å². The third-order valence-electron chi connectivity index (χ3n) is 2.56. The summed E-state index contributed by atoms with van der Waals surface area (Å²) in [6.45, 7) is 2.26. The second-order valence-electron chi connectivity index (χ2n) is 3.94. The van der Waals surface area contributed by atoms with Crippen molar-refractivity contribution in [3.8, 4) is 0 Å². The van der Waals surface area contributed by atoms with E-state index in [1.54, 1.807) is 7.05 Å². The van der Waals surface area contributed by atoms with E-state index in [0.29, 0.717) is 18.7 Å². The summed E-state index contributed by atoms with van der Waals surface area (Å²) in [7, 11) is -2.19. The van der Waals surface area contributed by atoms with Crippen LogP contribution in [0.2, 0.25) is 0 Å². The van der Waals surface area contributed by atoms with Crippen LogP contribution in [0.15, 0.2) is 23.1 Å². The summed E-state index contributed by atoms with van der Waals surface area (Å²) in [5.41, 5.74) is 0.0736. The van der Waals surface area contributed by atoms with E-state index in [1.807, 2.05) is 6.92 Å². The first-order valence-corrected chi connectivity index (χ1v) is 7.36. The Hall–Kier alpha value is -1.67. The third kappa shape index (κ3) is 3.90. The van der Waals surface area contributed by atoms with Gasteiger partial charge in [-0.1, -0.05) is 13.3 Å². The van der Waals surface area contributed by atoms with Crippen molar-refractivity contribution < 1.29 is 13.3 Å². The van der Waals surface area contributed by atoms with Crippen molar-refractivity contribution in [2.75, 3.05) is 18.9 Å². The summed E-state index contributed by atoms with van der Waals surface area (Å²) in [5, 5.41) is 13.4. The fourth-order valence-corrected chi connectivity index (χ4v) is 2.82. The smallest absolute Gasteiger partial charge is 0.270 e. The van der Waals surface area contributed by atoms with Crippen LogP contribution in [0.5, 0.6) is 0 Å². The Bertz CT molecular complexity index is 557. The standard InChI is InChI=1S/C11H17N3O4S/c1-3-4-7-13-19(17,18)11-8-9(14(15)16)5-6-10(11)12-2/h5-6,8,12-13H,3-4,7H2,1-2H3. The predicted octanol–water partition coefficient (Wildman–Crippen LogP) is 1.71. The first-order chi connectivity index (χ1) is 8.92. The zero-order valence-corrected chi connectivity index (χ0v) is 11.7. The van der Waals surface area contributed by atoms with E-state index in [4.69, 9.17) is 0 Å². The van der Waals surface area contributed by atoms with Gasteiger partial charge in [-0.3, -0.25) is 10.1 Å². The molecule has 1 rings (SSSR count). The van der Waals surface area contributed by atoms with Crippen molar-refractivity contribution in [2.24, 2.45) is 0 Å². The molecule has 0 spiro atoms. The zero-order valence-electron chi connectivity index (χ0n) is 10.8. The first kappa shape index (κ1) is 15.4. The molecule has 0 aliphatic heterocycles. The second-order valence-corrected chi connectivity index (χ2v) is 5.67. The number of hydrogen-bond acceptors (Lipinski definition) is 5. The van der Waals surface area contributed by atoms with Gasteiger partial charge in [-0.25, -0.2) is 13.1 Å². The van der Waals surface area contributed by atoms with Crippen LogP contribution >= 0.6 is 0 Å². The molecule has 8 heteroatoms. The molecule has 1 aromatic carbocycles. The molecule has 7 nitrogen and oxygen atoms in total. The molecular formula is C11H17N3O4S. The highest BCUT2D eigenvalue weighted by atomic mass is 32.2. The van der Waals surface area contributed by atoms with E-state index in [9.17, 15) is 18.5 Å². The number of sulfonamides is 1. The van der Waals surface area contributed by atoms with E-state index in [1.165, 1.54) is 12.1 Å². The maximum atomic E-state index is 12.1. The van der Waals surface area contributed by atoms with Crippen molar-refractivity contribution >= 4 is 21.4 Å². The third-order valence-corrected chi connectivity index (χ3v) is 4.06. The lowest BCUT2D eigenvalue weighted by molar-refractivity contribution is -0.385. The van der Waals surface area contributed by atoms with Crippen molar-refractivity contribution in [1.82, 2.24) is 4.72 Å². The minimum absolute atomic E-state index is 0.111. The molecule has 0 saturated heterocycles. The van der Waals surface area contributed by atoms with Crippen LogP contribution in [0.1, 0.15) is 19.8 Å². The fourth-order valence-electron chi connectivity index (χ4n) is 1.51. The Morgan fingerprint density at radius 2 is 2.05 bits per heavy atom. The van der Waals surface area contributed by atoms with E-state index >= 15 is 0 Å². The highest BCUT2D eigenvalue weighted by Crippen LogP contribution is 2.25. The van der Waals surface area contributed by atoms with Crippen LogP contribution in [0.4, 0.5) is 11.4 Å². The van der Waals surface area contributed by atoms with E-state index in [0.717, 1.165) is 12.5 Å². The number of nitro groups is 1. The summed E-state index contributed by atoms with van der Waals surface area (Å²) in [6, 6.07) is 3.70. The van der Waals surface area contributed by atoms with Crippen LogP contribution < -0.4 is 10.0 Å². The van der Waals surface area contributed by atoms with Crippen molar-refractivity contribution in [3.05, 3.63) is 28.3 Å². The van der Waals surface area contributed by atoms with Gasteiger partial charge in [0.05, 0.1) is 10.6 Å². The van der Waals surface area contributed by atoms with Crippen LogP contribution in [-0.4, -0.2) is 26.9 Å². The molecule has 19 heavy (non-hydrogen) atoms. The van der Waals surface area contributed by atoms with Crippen LogP contribution in [0.25, 0.3) is 0 Å². The molecule has 0 bridgehead atoms. The number of benzene rings is 1. The molecule has 1 aromatic rings. The summed E-state index contributed by atoms with van der Waals surface area (Å²) < 4.78 is 26.6. The molecule has 0 saturated carbocycles. The predicted molar refractivity (Wildman–Crippen MR) is 72.7 cm³/mol. The average Bonchev–Trinajstić information content (AvgIpc) is 2.38. The van der Waals surface area contributed by atoms with Crippen molar-refractivity contribution in [3.63, 3.8) is 0 Å². The molecule has 0 atom stereocenters. The minimum atomic E-state index is -3.75. The number of nitro benzene ring substituents is 1. The number of rotatable bonds is 7. The van der Waals surface area contributed by atoms with Gasteiger partial charge in [0, 0.05) is 25.7 Å². The molecule has 0 amide bonds. The molecule has 106 valence electrons. The summed E-state index contributed by atoms with van der Waals surface area (Å²) in [4.78, 5) is 9.98. The van der Waals surface area contributed by atoms with E-state index < -0.39 is 14.9 Å². The summed E-state index contributed by atoms with van der Waals surface area (Å²) in [5.74, 6) is 0. The van der Waals surface area contributed by atoms with Gasteiger partial charge in [0.15, 0.2) is 0 Å². The molecule has 0 radical (unpaired) electrons. The normalized spacial score (nSPS) is 11.3. The number of non-ortho nitro benzene ring substituents is 1. The molecule has 0 unspecified atom stereocenters. The van der Waals surface area contributed by atoms with Gasteiger partial charge < -0.3 is 5.32 Å². The van der Waals surface area contributed by atoms with Gasteiger partial charge >= 0.3 is 0 Å². The molecule has 0 aliphatic rings. The van der Waals surface area contributed by atoms with Gasteiger partial charge in [0.2, 0.25) is 10.0 Å². The monoisotopic (exact) mass is 287 g/mol. The number of nitrogens with one attached hydrogen (secondary N) is 2. The van der Waals surface area contributed by atoms with Gasteiger partial charge in [-0.05, 0) is 12.5 Å². The van der Waals surface area contributed by atoms with Gasteiger partial charge in [0.1, 0.15) is 4.90 Å². The van der Waals surface area contributed by atoms with Gasteiger partial charge in [0.25, 0.3) is 5.69 Å². The van der Waals surface area contributed by atoms with Crippen molar-refractivity contribution in [1.29, 1.82) is 0 Å². The zero-order chi connectivity index (χ0) is 14.5. The lowest BCUT2D eigenvalue weighted by Gasteiger charge is -2.10. The Labute approximate surface area is 112 Å². The summed E-state index contributed by atoms with van der Waals surface area (Å²) >= 11 is 0. The van der Waals surface area contributed by atoms with Gasteiger partial charge in [-0.15, -0.1) is 0 Å². The average molecular weight is 287 g/mol. The highest BCUT2D eigenvalue weighted by Gasteiger charge is 2.21. The largest absolute Gasteiger partial charge is 0.387 e. The van der Waals surface area contributed by atoms with Crippen LogP contribution in [0.3, 0.4) is 0 Å². The molecule has 0 heterocycles. The van der Waals surface area contributed by atoms with E-state index in [2.05, 4.69) is 10.0 Å². The Morgan fingerprint density at radius 3 is 2.58 bits per heavy atom. The molecule has 0 aliphatic carbocycles. The van der Waals surface area contributed by atoms with Crippen molar-refractivity contribution in [2.45, 2.75) is 24.7 Å². The highest BCUT2D eigenvalue weighted by molar-refractivity contribution is 7.89.